The molecule has 0 bridgehead atoms. The highest BCUT2D eigenvalue weighted by Crippen LogP contribution is 2.37. The lowest BCUT2D eigenvalue weighted by Gasteiger charge is -2.44. The van der Waals surface area contributed by atoms with Crippen LogP contribution in [0.25, 0.3) is 0 Å². The van der Waals surface area contributed by atoms with Gasteiger partial charge in [0, 0.05) is 42.0 Å². The molecule has 1 aromatic carbocycles. The van der Waals surface area contributed by atoms with Crippen LogP contribution in [-0.2, 0) is 4.74 Å². The normalized spacial score (nSPS) is 20.0. The summed E-state index contributed by atoms with van der Waals surface area (Å²) in [5, 5.41) is 6.52. The van der Waals surface area contributed by atoms with E-state index in [0.717, 1.165) is 56.7 Å². The van der Waals surface area contributed by atoms with Gasteiger partial charge in [-0.05, 0) is 117 Å². The molecule has 1 saturated heterocycles. The molecule has 0 atom stereocenters. The molecule has 2 aliphatic rings. The third-order valence-electron chi connectivity index (χ3n) is 8.15. The van der Waals surface area contributed by atoms with Crippen LogP contribution in [0.2, 0.25) is 0 Å². The van der Waals surface area contributed by atoms with Gasteiger partial charge in [-0.3, -0.25) is 4.79 Å². The van der Waals surface area contributed by atoms with Crippen molar-refractivity contribution in [3.63, 3.8) is 0 Å². The number of anilines is 2. The highest BCUT2D eigenvalue weighted by molar-refractivity contribution is 5.99. The zero-order valence-corrected chi connectivity index (χ0v) is 26.5. The molecular formula is C34H51N5O3. The average Bonchev–Trinajstić information content (AvgIpc) is 2.93. The molecule has 2 fully saturated rings. The van der Waals surface area contributed by atoms with Gasteiger partial charge in [0.2, 0.25) is 0 Å². The van der Waals surface area contributed by atoms with E-state index in [4.69, 9.17) is 9.72 Å². The van der Waals surface area contributed by atoms with Crippen molar-refractivity contribution >= 4 is 23.5 Å². The zero-order chi connectivity index (χ0) is 30.3. The lowest BCUT2D eigenvalue weighted by Crippen LogP contribution is -2.54. The number of carbonyl (C=O) groups excluding carboxylic acids is 2. The maximum atomic E-state index is 13.3. The number of para-hydroxylation sites is 1. The Morgan fingerprint density at radius 2 is 1.60 bits per heavy atom. The molecule has 8 heteroatoms. The molecule has 230 valence electrons. The second kappa shape index (κ2) is 13.9. The number of nitrogens with zero attached hydrogens (tertiary/aromatic N) is 3. The summed E-state index contributed by atoms with van der Waals surface area (Å²) in [4.78, 5) is 35.9. The van der Waals surface area contributed by atoms with Crippen molar-refractivity contribution in [1.82, 2.24) is 20.1 Å². The van der Waals surface area contributed by atoms with E-state index in [1.54, 1.807) is 0 Å². The molecule has 1 aliphatic carbocycles. The van der Waals surface area contributed by atoms with Gasteiger partial charge in [-0.15, -0.1) is 0 Å². The van der Waals surface area contributed by atoms with Crippen LogP contribution in [0.5, 0.6) is 0 Å². The molecule has 8 nitrogen and oxygen atoms in total. The van der Waals surface area contributed by atoms with Crippen molar-refractivity contribution in [2.75, 3.05) is 31.5 Å². The number of likely N-dealkylation sites (tertiary alicyclic amines) is 1. The predicted octanol–water partition coefficient (Wildman–Crippen LogP) is 7.10. The Balaban J connectivity index is 1.46. The Kier molecular flexibility index (Phi) is 10.5. The SMILES string of the molecule is CC(C)(C)OC(=O)N([C@H]1CC[C@H](c2ccc(C(=O)NCCN3CCCCC3)c(Nc3ccccc3)n2)CC1)C(C)(C)C. The molecule has 2 N–H and O–H groups in total. The smallest absolute Gasteiger partial charge is 0.410 e. The summed E-state index contributed by atoms with van der Waals surface area (Å²) in [6.45, 7) is 15.7. The van der Waals surface area contributed by atoms with Gasteiger partial charge in [-0.1, -0.05) is 24.6 Å². The number of rotatable bonds is 8. The van der Waals surface area contributed by atoms with E-state index >= 15 is 0 Å². The Morgan fingerprint density at radius 1 is 0.929 bits per heavy atom. The second-order valence-corrected chi connectivity index (χ2v) is 13.8. The molecule has 0 spiro atoms. The number of benzene rings is 1. The minimum atomic E-state index is -0.536. The number of nitrogens with one attached hydrogen (secondary N) is 2. The lowest BCUT2D eigenvalue weighted by atomic mass is 9.82. The number of hydrogen-bond acceptors (Lipinski definition) is 6. The maximum absolute atomic E-state index is 13.3. The van der Waals surface area contributed by atoms with E-state index in [2.05, 4.69) is 36.3 Å². The van der Waals surface area contributed by atoms with Crippen molar-refractivity contribution in [2.45, 2.75) is 110 Å². The fourth-order valence-corrected chi connectivity index (χ4v) is 6.16. The quantitative estimate of drug-likeness (QED) is 0.348. The van der Waals surface area contributed by atoms with Crippen LogP contribution in [0.4, 0.5) is 16.3 Å². The second-order valence-electron chi connectivity index (χ2n) is 13.8. The number of pyridine rings is 1. The summed E-state index contributed by atoms with van der Waals surface area (Å²) in [6.07, 6.45) is 7.12. The first-order valence-electron chi connectivity index (χ1n) is 15.8. The molecule has 0 radical (unpaired) electrons. The van der Waals surface area contributed by atoms with Crippen LogP contribution in [0.3, 0.4) is 0 Å². The number of hydrogen-bond donors (Lipinski definition) is 2. The molecule has 2 amide bonds. The van der Waals surface area contributed by atoms with Crippen molar-refractivity contribution in [1.29, 1.82) is 0 Å². The summed E-state index contributed by atoms with van der Waals surface area (Å²) < 4.78 is 5.79. The minimum absolute atomic E-state index is 0.105. The molecule has 0 unspecified atom stereocenters. The van der Waals surface area contributed by atoms with Crippen LogP contribution in [0, 0.1) is 0 Å². The zero-order valence-electron chi connectivity index (χ0n) is 26.5. The average molecular weight is 578 g/mol. The lowest BCUT2D eigenvalue weighted by molar-refractivity contribution is -0.0137. The highest BCUT2D eigenvalue weighted by atomic mass is 16.6. The summed E-state index contributed by atoms with van der Waals surface area (Å²) in [7, 11) is 0. The summed E-state index contributed by atoms with van der Waals surface area (Å²) in [5.41, 5.74) is 1.56. The Hall–Kier alpha value is -3.13. The van der Waals surface area contributed by atoms with Gasteiger partial charge in [-0.25, -0.2) is 9.78 Å². The van der Waals surface area contributed by atoms with Crippen molar-refractivity contribution < 1.29 is 14.3 Å². The fraction of sp³-hybridized carbons (Fsp3) is 0.618. The number of piperidine rings is 1. The number of amides is 2. The molecule has 4 rings (SSSR count). The third kappa shape index (κ3) is 8.93. The Morgan fingerprint density at radius 3 is 2.21 bits per heavy atom. The Bertz CT molecular complexity index is 1170. The van der Waals surface area contributed by atoms with Gasteiger partial charge in [0.15, 0.2) is 0 Å². The van der Waals surface area contributed by atoms with E-state index in [1.165, 1.54) is 19.3 Å². The summed E-state index contributed by atoms with van der Waals surface area (Å²) in [6, 6.07) is 13.9. The van der Waals surface area contributed by atoms with Gasteiger partial charge >= 0.3 is 6.09 Å². The number of aromatic nitrogens is 1. The van der Waals surface area contributed by atoms with Crippen molar-refractivity contribution in [3.8, 4) is 0 Å². The van der Waals surface area contributed by atoms with E-state index in [9.17, 15) is 9.59 Å². The summed E-state index contributed by atoms with van der Waals surface area (Å²) in [5.74, 6) is 0.738. The van der Waals surface area contributed by atoms with E-state index in [0.29, 0.717) is 17.9 Å². The summed E-state index contributed by atoms with van der Waals surface area (Å²) >= 11 is 0. The molecule has 2 aromatic rings. The first kappa shape index (κ1) is 31.8. The topological polar surface area (TPSA) is 86.8 Å². The molecule has 1 aromatic heterocycles. The fourth-order valence-electron chi connectivity index (χ4n) is 6.16. The van der Waals surface area contributed by atoms with Gasteiger partial charge in [-0.2, -0.15) is 0 Å². The van der Waals surface area contributed by atoms with Crippen molar-refractivity contribution in [3.05, 3.63) is 53.7 Å². The largest absolute Gasteiger partial charge is 0.444 e. The van der Waals surface area contributed by atoms with Crippen LogP contribution >= 0.6 is 0 Å². The number of ether oxygens (including phenoxy) is 1. The first-order chi connectivity index (χ1) is 19.9. The van der Waals surface area contributed by atoms with Gasteiger partial charge in [0.25, 0.3) is 5.91 Å². The third-order valence-corrected chi connectivity index (χ3v) is 8.15. The van der Waals surface area contributed by atoms with E-state index in [-0.39, 0.29) is 29.5 Å². The van der Waals surface area contributed by atoms with E-state index < -0.39 is 5.60 Å². The molecular weight excluding hydrogens is 526 g/mol. The standard InChI is InChI=1S/C34H51N5O3/c1-33(2,3)39(32(41)42-34(4,5)6)27-17-15-25(16-18-27)29-20-19-28(30(37-29)36-26-13-9-7-10-14-26)31(40)35-21-24-38-22-11-8-12-23-38/h7,9-10,13-14,19-20,25,27H,8,11-12,15-18,21-24H2,1-6H3,(H,35,40)(H,36,37)/t25-,27-. The van der Waals surface area contributed by atoms with Crippen molar-refractivity contribution in [2.24, 2.45) is 0 Å². The molecule has 2 heterocycles. The van der Waals surface area contributed by atoms with Crippen LogP contribution in [0.15, 0.2) is 42.5 Å². The van der Waals surface area contributed by atoms with Gasteiger partial charge in [0.05, 0.1) is 5.56 Å². The Labute approximate surface area is 252 Å². The predicted molar refractivity (Wildman–Crippen MR) is 169 cm³/mol. The monoisotopic (exact) mass is 577 g/mol. The number of carbonyl (C=O) groups is 2. The first-order valence-corrected chi connectivity index (χ1v) is 15.8. The molecule has 1 aliphatic heterocycles. The van der Waals surface area contributed by atoms with Crippen LogP contribution in [-0.4, -0.2) is 70.1 Å². The van der Waals surface area contributed by atoms with Crippen LogP contribution in [0.1, 0.15) is 108 Å². The van der Waals surface area contributed by atoms with Crippen LogP contribution < -0.4 is 10.6 Å². The van der Waals surface area contributed by atoms with Gasteiger partial charge in [0.1, 0.15) is 11.4 Å². The molecule has 42 heavy (non-hydrogen) atoms. The van der Waals surface area contributed by atoms with Gasteiger partial charge < -0.3 is 25.2 Å². The molecule has 1 saturated carbocycles. The maximum Gasteiger partial charge on any atom is 0.410 e. The van der Waals surface area contributed by atoms with E-state index in [1.807, 2.05) is 68.1 Å². The highest BCUT2D eigenvalue weighted by Gasteiger charge is 2.38. The minimum Gasteiger partial charge on any atom is -0.444 e.